The first-order valence-corrected chi connectivity index (χ1v) is 10.7. The Labute approximate surface area is 188 Å². The molecule has 8 nitrogen and oxygen atoms in total. The van der Waals surface area contributed by atoms with Crippen molar-refractivity contribution in [1.29, 1.82) is 0 Å². The summed E-state index contributed by atoms with van der Waals surface area (Å²) in [6.45, 7) is 3.19. The lowest BCUT2D eigenvalue weighted by atomic mass is 10.1. The van der Waals surface area contributed by atoms with E-state index in [9.17, 15) is 14.4 Å². The van der Waals surface area contributed by atoms with E-state index in [1.807, 2.05) is 12.1 Å². The number of halogens is 1. The van der Waals surface area contributed by atoms with Crippen molar-refractivity contribution in [2.45, 2.75) is 18.7 Å². The van der Waals surface area contributed by atoms with Crippen LogP contribution in [0.5, 0.6) is 5.75 Å². The van der Waals surface area contributed by atoms with Crippen molar-refractivity contribution < 1.29 is 19.1 Å². The first-order valence-electron chi connectivity index (χ1n) is 9.49. The van der Waals surface area contributed by atoms with Gasteiger partial charge in [0.15, 0.2) is 5.17 Å². The van der Waals surface area contributed by atoms with Crippen LogP contribution in [0.15, 0.2) is 53.6 Å². The van der Waals surface area contributed by atoms with Crippen molar-refractivity contribution in [2.75, 3.05) is 18.1 Å². The number of hydrogen-bond acceptors (Lipinski definition) is 6. The molecule has 1 spiro atoms. The number of nitrogens with zero attached hydrogens (tertiary/aromatic N) is 3. The van der Waals surface area contributed by atoms with E-state index in [1.165, 1.54) is 13.8 Å². The van der Waals surface area contributed by atoms with Crippen LogP contribution in [-0.2, 0) is 19.3 Å². The molecule has 0 saturated heterocycles. The maximum atomic E-state index is 13.7. The number of ether oxygens (including phenoxy) is 1. The molecule has 0 bridgehead atoms. The Balaban J connectivity index is 1.62. The average molecular weight is 459 g/mol. The maximum absolute atomic E-state index is 13.7. The monoisotopic (exact) mass is 458 g/mol. The largest absolute Gasteiger partial charge is 0.492 e. The number of carbonyl (C=O) groups is 3. The van der Waals surface area contributed by atoms with Crippen molar-refractivity contribution in [3.63, 3.8) is 0 Å². The zero-order chi connectivity index (χ0) is 22.2. The fourth-order valence-corrected chi connectivity index (χ4v) is 5.03. The van der Waals surface area contributed by atoms with Crippen LogP contribution in [-0.4, -0.2) is 41.0 Å². The van der Waals surface area contributed by atoms with E-state index in [-0.39, 0.29) is 30.1 Å². The Morgan fingerprint density at radius 2 is 1.87 bits per heavy atom. The summed E-state index contributed by atoms with van der Waals surface area (Å²) in [4.78, 5) is 37.8. The lowest BCUT2D eigenvalue weighted by molar-refractivity contribution is -0.139. The second kappa shape index (κ2) is 8.24. The lowest BCUT2D eigenvalue weighted by Gasteiger charge is -2.29. The number of amides is 3. The van der Waals surface area contributed by atoms with E-state index >= 15 is 0 Å². The molecule has 2 heterocycles. The molecule has 0 fully saturated rings. The first-order chi connectivity index (χ1) is 14.8. The highest BCUT2D eigenvalue weighted by Gasteiger charge is 2.61. The van der Waals surface area contributed by atoms with Crippen LogP contribution in [0.1, 0.15) is 19.4 Å². The summed E-state index contributed by atoms with van der Waals surface area (Å²) in [5.74, 6) is -0.428. The fraction of sp³-hybridized carbons (Fsp3) is 0.238. The van der Waals surface area contributed by atoms with Gasteiger partial charge in [-0.3, -0.25) is 14.4 Å². The third-order valence-corrected chi connectivity index (χ3v) is 6.30. The Bertz CT molecular complexity index is 1090. The molecule has 160 valence electrons. The summed E-state index contributed by atoms with van der Waals surface area (Å²) < 4.78 is 5.76. The number of benzene rings is 2. The van der Waals surface area contributed by atoms with E-state index in [4.69, 9.17) is 16.3 Å². The van der Waals surface area contributed by atoms with E-state index < -0.39 is 10.8 Å². The molecule has 0 unspecified atom stereocenters. The Hall–Kier alpha value is -3.04. The molecule has 4 rings (SSSR count). The van der Waals surface area contributed by atoms with E-state index in [0.29, 0.717) is 22.0 Å². The van der Waals surface area contributed by atoms with Gasteiger partial charge in [-0.1, -0.05) is 29.8 Å². The molecular weight excluding hydrogens is 440 g/mol. The number of carbonyl (C=O) groups excluding carboxylic acids is 3. The zero-order valence-corrected chi connectivity index (χ0v) is 18.4. The molecule has 1 N–H and O–H groups in total. The number of nitrogens with one attached hydrogen (secondary N) is 1. The van der Waals surface area contributed by atoms with Gasteiger partial charge in [0.05, 0.1) is 12.2 Å². The smallest absolute Gasteiger partial charge is 0.270 e. The van der Waals surface area contributed by atoms with Crippen LogP contribution in [0.4, 0.5) is 5.69 Å². The normalized spacial score (nSPS) is 19.5. The summed E-state index contributed by atoms with van der Waals surface area (Å²) in [6.07, 6.45) is 0. The summed E-state index contributed by atoms with van der Waals surface area (Å²) in [6, 6.07) is 14.2. The predicted molar refractivity (Wildman–Crippen MR) is 119 cm³/mol. The van der Waals surface area contributed by atoms with Crippen molar-refractivity contribution >= 4 is 51.9 Å². The average Bonchev–Trinajstić information content (AvgIpc) is 3.21. The topological polar surface area (TPSA) is 91.3 Å². The molecule has 0 radical (unpaired) electrons. The van der Waals surface area contributed by atoms with Gasteiger partial charge in [-0.05, 0) is 42.1 Å². The molecule has 31 heavy (non-hydrogen) atoms. The minimum absolute atomic E-state index is 0.199. The summed E-state index contributed by atoms with van der Waals surface area (Å²) in [7, 11) is 0. The summed E-state index contributed by atoms with van der Waals surface area (Å²) in [5.41, 5.74) is 1.31. The van der Waals surface area contributed by atoms with Crippen molar-refractivity contribution in [3.8, 4) is 5.75 Å². The highest BCUT2D eigenvalue weighted by atomic mass is 35.5. The van der Waals surface area contributed by atoms with Gasteiger partial charge in [-0.25, -0.2) is 0 Å². The van der Waals surface area contributed by atoms with E-state index in [1.54, 1.807) is 41.3 Å². The first kappa shape index (κ1) is 21.2. The summed E-state index contributed by atoms with van der Waals surface area (Å²) in [5, 5.41) is 8.76. The third kappa shape index (κ3) is 3.75. The van der Waals surface area contributed by atoms with Crippen molar-refractivity contribution in [1.82, 2.24) is 10.3 Å². The van der Waals surface area contributed by atoms with Gasteiger partial charge in [-0.2, -0.15) is 5.01 Å². The number of anilines is 1. The quantitative estimate of drug-likeness (QED) is 0.760. The molecule has 2 aromatic rings. The number of fused-ring (bicyclic) bond motifs is 2. The van der Waals surface area contributed by atoms with Crippen molar-refractivity contribution in [3.05, 3.63) is 59.1 Å². The van der Waals surface area contributed by atoms with Gasteiger partial charge in [0, 0.05) is 24.4 Å². The SMILES string of the molecule is CC(=O)NC1=NN(C(C)=O)[C@]2(S1)C(=O)N(CCOc1ccc(Cl)cc1)c1ccccc12. The molecule has 3 amide bonds. The molecule has 1 atom stereocenters. The fourth-order valence-electron chi connectivity index (χ4n) is 3.57. The third-order valence-electron chi connectivity index (χ3n) is 4.81. The maximum Gasteiger partial charge on any atom is 0.270 e. The number of thioether (sulfide) groups is 1. The minimum Gasteiger partial charge on any atom is -0.492 e. The van der Waals surface area contributed by atoms with Crippen LogP contribution in [0.3, 0.4) is 0 Å². The van der Waals surface area contributed by atoms with Crippen LogP contribution in [0, 0.1) is 0 Å². The standard InChI is InChI=1S/C21H19ClN4O4S/c1-13(27)23-20-24-26(14(2)28)21(31-20)17-5-3-4-6-18(17)25(19(21)29)11-12-30-16-9-7-15(22)8-10-16/h3-10H,11-12H2,1-2H3,(H,23,24,27)/t21-/m1/s1. The van der Waals surface area contributed by atoms with E-state index in [0.717, 1.165) is 16.8 Å². The minimum atomic E-state index is -1.40. The second-order valence-electron chi connectivity index (χ2n) is 6.94. The van der Waals surface area contributed by atoms with Gasteiger partial charge < -0.3 is 15.0 Å². The molecule has 2 aromatic carbocycles. The van der Waals surface area contributed by atoms with Gasteiger partial charge in [0.25, 0.3) is 5.91 Å². The Morgan fingerprint density at radius 3 is 2.55 bits per heavy atom. The van der Waals surface area contributed by atoms with E-state index in [2.05, 4.69) is 10.4 Å². The van der Waals surface area contributed by atoms with Gasteiger partial charge >= 0.3 is 0 Å². The summed E-state index contributed by atoms with van der Waals surface area (Å²) >= 11 is 6.94. The van der Waals surface area contributed by atoms with Gasteiger partial charge in [0.1, 0.15) is 12.4 Å². The van der Waals surface area contributed by atoms with Crippen LogP contribution < -0.4 is 15.0 Å². The number of hydrogen-bond donors (Lipinski definition) is 1. The van der Waals surface area contributed by atoms with Gasteiger partial charge in [-0.15, -0.1) is 5.10 Å². The molecule has 0 aliphatic carbocycles. The Morgan fingerprint density at radius 1 is 1.16 bits per heavy atom. The highest BCUT2D eigenvalue weighted by molar-refractivity contribution is 8.15. The molecule has 2 aliphatic heterocycles. The molecule has 2 aliphatic rings. The molecule has 0 aromatic heterocycles. The van der Waals surface area contributed by atoms with Crippen LogP contribution in [0.25, 0.3) is 0 Å². The van der Waals surface area contributed by atoms with Crippen LogP contribution in [0.2, 0.25) is 5.02 Å². The number of para-hydroxylation sites is 1. The number of hydrazone groups is 1. The molecular formula is C21H19ClN4O4S. The molecule has 10 heteroatoms. The van der Waals surface area contributed by atoms with Crippen molar-refractivity contribution in [2.24, 2.45) is 5.10 Å². The predicted octanol–water partition coefficient (Wildman–Crippen LogP) is 2.92. The zero-order valence-electron chi connectivity index (χ0n) is 16.8. The van der Waals surface area contributed by atoms with Gasteiger partial charge in [0.2, 0.25) is 16.7 Å². The number of amidine groups is 1. The second-order valence-corrected chi connectivity index (χ2v) is 8.56. The molecule has 0 saturated carbocycles. The lowest BCUT2D eigenvalue weighted by Crippen LogP contribution is -2.49. The van der Waals surface area contributed by atoms with Crippen LogP contribution >= 0.6 is 23.4 Å². The highest BCUT2D eigenvalue weighted by Crippen LogP contribution is 2.54. The number of rotatable bonds is 4. The Kier molecular flexibility index (Phi) is 5.63.